The Bertz CT molecular complexity index is 1430. The molecule has 0 aromatic rings. The Morgan fingerprint density at radius 2 is 1.13 bits per heavy atom. The summed E-state index contributed by atoms with van der Waals surface area (Å²) in [5, 5.41) is 30.0. The van der Waals surface area contributed by atoms with Gasteiger partial charge in [0.05, 0.1) is 32.0 Å². The van der Waals surface area contributed by atoms with Crippen molar-refractivity contribution in [3.63, 3.8) is 0 Å². The van der Waals surface area contributed by atoms with Crippen LogP contribution >= 0.6 is 15.6 Å². The van der Waals surface area contributed by atoms with Crippen LogP contribution in [0, 0.1) is 0 Å². The summed E-state index contributed by atoms with van der Waals surface area (Å²) < 4.78 is 47.5. The molecule has 17 heteroatoms. The van der Waals surface area contributed by atoms with Crippen LogP contribution in [0.5, 0.6) is 0 Å². The van der Waals surface area contributed by atoms with Crippen molar-refractivity contribution in [3.8, 4) is 0 Å². The number of unbranched alkanes of at least 4 members (excludes halogenated alkanes) is 8. The Morgan fingerprint density at radius 3 is 1.80 bits per heavy atom. The molecule has 0 aliphatic carbocycles. The van der Waals surface area contributed by atoms with E-state index in [1.807, 2.05) is 6.08 Å². The molecule has 0 rings (SSSR count). The van der Waals surface area contributed by atoms with Crippen molar-refractivity contribution in [2.75, 3.05) is 26.4 Å². The van der Waals surface area contributed by atoms with Crippen molar-refractivity contribution in [1.82, 2.24) is 0 Å². The summed E-state index contributed by atoms with van der Waals surface area (Å²) in [6.45, 7) is 1.27. The first-order valence-electron chi connectivity index (χ1n) is 21.5. The first-order chi connectivity index (χ1) is 29.2. The highest BCUT2D eigenvalue weighted by atomic mass is 31.2. The molecule has 0 radical (unpaired) electrons. The summed E-state index contributed by atoms with van der Waals surface area (Å²) in [6, 6.07) is 0. The van der Waals surface area contributed by atoms with E-state index >= 15 is 0 Å². The van der Waals surface area contributed by atoms with E-state index in [9.17, 15) is 38.9 Å². The third kappa shape index (κ3) is 42.3. The fourth-order valence-electron chi connectivity index (χ4n) is 5.14. The molecule has 61 heavy (non-hydrogen) atoms. The Kier molecular flexibility index (Phi) is 37.1. The summed E-state index contributed by atoms with van der Waals surface area (Å²) in [5.41, 5.74) is 0. The van der Waals surface area contributed by atoms with E-state index in [0.717, 1.165) is 64.2 Å². The minimum atomic E-state index is -4.90. The fourth-order valence-corrected chi connectivity index (χ4v) is 6.30. The highest BCUT2D eigenvalue weighted by Gasteiger charge is 2.28. The minimum Gasteiger partial charge on any atom is -0.462 e. The number of aliphatic hydroxyl groups is 3. The van der Waals surface area contributed by atoms with Crippen LogP contribution in [0.3, 0.4) is 0 Å². The normalized spacial score (nSPS) is 15.9. The lowest BCUT2D eigenvalue weighted by molar-refractivity contribution is -0.161. The van der Waals surface area contributed by atoms with Crippen molar-refractivity contribution >= 4 is 27.6 Å². The quantitative estimate of drug-likeness (QED) is 0.0111. The van der Waals surface area contributed by atoms with Gasteiger partial charge in [0, 0.05) is 12.8 Å². The van der Waals surface area contributed by atoms with Gasteiger partial charge in [-0.05, 0) is 70.6 Å². The number of phosphoric acid groups is 2. The molecule has 0 fully saturated rings. The summed E-state index contributed by atoms with van der Waals surface area (Å²) >= 11 is 0. The number of hydrogen-bond donors (Lipinski definition) is 6. The third-order valence-corrected chi connectivity index (χ3v) is 9.88. The summed E-state index contributed by atoms with van der Waals surface area (Å²) in [7, 11) is -9.77. The molecule has 0 aromatic carbocycles. The highest BCUT2D eigenvalue weighted by molar-refractivity contribution is 7.47. The van der Waals surface area contributed by atoms with E-state index in [1.54, 1.807) is 36.5 Å². The third-order valence-electron chi connectivity index (χ3n) is 8.45. The number of esters is 2. The van der Waals surface area contributed by atoms with E-state index in [0.29, 0.717) is 12.8 Å². The van der Waals surface area contributed by atoms with Gasteiger partial charge in [-0.25, -0.2) is 9.13 Å². The Balaban J connectivity index is 4.82. The molecule has 0 saturated carbocycles. The maximum atomic E-state index is 12.7. The summed E-state index contributed by atoms with van der Waals surface area (Å²) in [4.78, 5) is 52.7. The molecule has 0 aromatic heterocycles. The lowest BCUT2D eigenvalue weighted by Crippen LogP contribution is -2.30. The van der Waals surface area contributed by atoms with Gasteiger partial charge in [0.2, 0.25) is 0 Å². The second-order valence-corrected chi connectivity index (χ2v) is 17.0. The molecule has 0 amide bonds. The second kappa shape index (κ2) is 38.9. The van der Waals surface area contributed by atoms with Crippen LogP contribution in [-0.2, 0) is 41.8 Å². The molecule has 0 spiro atoms. The number of carbonyl (C=O) groups is 2. The van der Waals surface area contributed by atoms with Crippen LogP contribution in [0.1, 0.15) is 129 Å². The van der Waals surface area contributed by atoms with Crippen LogP contribution in [0.25, 0.3) is 0 Å². The van der Waals surface area contributed by atoms with Gasteiger partial charge in [-0.2, -0.15) is 0 Å². The lowest BCUT2D eigenvalue weighted by Gasteiger charge is -2.20. The molecule has 0 heterocycles. The van der Waals surface area contributed by atoms with Gasteiger partial charge in [-0.3, -0.25) is 23.2 Å². The molecule has 350 valence electrons. The Morgan fingerprint density at radius 1 is 0.574 bits per heavy atom. The van der Waals surface area contributed by atoms with Gasteiger partial charge in [0.15, 0.2) is 6.10 Å². The van der Waals surface area contributed by atoms with E-state index in [-0.39, 0.29) is 25.7 Å². The molecule has 0 aliphatic heterocycles. The van der Waals surface area contributed by atoms with Crippen molar-refractivity contribution < 1.29 is 71.8 Å². The number of phosphoric ester groups is 2. The SMILES string of the molecule is CC/C=C\C/C=C\C/C=C\CCCCCCCC(=O)O[C@H](COC(=O)CCC[C@H](O)\C=C/C=C/C=C/[C@H](O)C/C=C\CCCCC)COP(=O)(O)OC[C@@H](O)COP(=O)(O)O. The van der Waals surface area contributed by atoms with Crippen LogP contribution in [0.2, 0.25) is 0 Å². The number of ether oxygens (including phenoxy) is 2. The molecule has 1 unspecified atom stereocenters. The number of carbonyl (C=O) groups excluding carboxylic acids is 2. The molecular formula is C44H74O15P2. The molecule has 15 nitrogen and oxygen atoms in total. The van der Waals surface area contributed by atoms with Crippen LogP contribution in [-0.4, -0.2) is 92.8 Å². The van der Waals surface area contributed by atoms with Crippen LogP contribution in [0.15, 0.2) is 85.1 Å². The average molecular weight is 905 g/mol. The largest absolute Gasteiger partial charge is 0.472 e. The van der Waals surface area contributed by atoms with Crippen molar-refractivity contribution in [2.45, 2.75) is 154 Å². The maximum absolute atomic E-state index is 12.7. The zero-order valence-electron chi connectivity index (χ0n) is 36.2. The standard InChI is InChI=1S/C44H74O15P2/c1-3-5-7-9-11-12-13-14-15-16-17-18-19-21-27-33-44(49)59-42(38-58-61(53,54)57-36-41(47)35-56-60(50,51)52)37-55-43(48)34-28-32-40(46)31-26-23-22-25-30-39(45)29-24-20-10-8-6-4-2/h5,7,11-12,14-15,20,22-26,30-31,39-42,45-47H,3-4,6,8-10,13,16-19,21,27-29,32-38H2,1-2H3,(H,53,54)(H2,50,51,52)/b7-5-,12-11-,15-14-,23-22+,24-20-,30-25+,31-26-/t39-,40-,41+,42-/m1/s1. The molecule has 6 N–H and O–H groups in total. The fraction of sp³-hybridized carbons (Fsp3) is 0.636. The van der Waals surface area contributed by atoms with Gasteiger partial charge < -0.3 is 39.5 Å². The predicted molar refractivity (Wildman–Crippen MR) is 237 cm³/mol. The number of hydrogen-bond acceptors (Lipinski definition) is 12. The van der Waals surface area contributed by atoms with Crippen molar-refractivity contribution in [1.29, 1.82) is 0 Å². The first-order valence-corrected chi connectivity index (χ1v) is 24.5. The summed E-state index contributed by atoms with van der Waals surface area (Å²) in [5.74, 6) is -1.30. The van der Waals surface area contributed by atoms with Crippen LogP contribution in [0.4, 0.5) is 0 Å². The molecule has 0 bridgehead atoms. The Labute approximate surface area is 363 Å². The molecule has 0 aliphatic rings. The average Bonchev–Trinajstić information content (AvgIpc) is 3.21. The monoisotopic (exact) mass is 904 g/mol. The van der Waals surface area contributed by atoms with Gasteiger partial charge in [0.25, 0.3) is 0 Å². The number of rotatable bonds is 39. The maximum Gasteiger partial charge on any atom is 0.472 e. The zero-order chi connectivity index (χ0) is 45.5. The topological polar surface area (TPSA) is 236 Å². The minimum absolute atomic E-state index is 0.0544. The van der Waals surface area contributed by atoms with Crippen molar-refractivity contribution in [3.05, 3.63) is 85.1 Å². The predicted octanol–water partition coefficient (Wildman–Crippen LogP) is 8.72. The van der Waals surface area contributed by atoms with E-state index in [2.05, 4.69) is 65.4 Å². The smallest absolute Gasteiger partial charge is 0.462 e. The lowest BCUT2D eigenvalue weighted by atomic mass is 10.1. The first kappa shape index (κ1) is 58.2. The van der Waals surface area contributed by atoms with E-state index in [4.69, 9.17) is 23.8 Å². The highest BCUT2D eigenvalue weighted by Crippen LogP contribution is 2.43. The zero-order valence-corrected chi connectivity index (χ0v) is 38.0. The summed E-state index contributed by atoms with van der Waals surface area (Å²) in [6.07, 6.45) is 36.3. The number of aliphatic hydroxyl groups excluding tert-OH is 3. The molecule has 0 saturated heterocycles. The number of allylic oxidation sites excluding steroid dienone is 11. The van der Waals surface area contributed by atoms with Crippen molar-refractivity contribution in [2.24, 2.45) is 0 Å². The van der Waals surface area contributed by atoms with Gasteiger partial charge >= 0.3 is 27.6 Å². The van der Waals surface area contributed by atoms with Gasteiger partial charge in [-0.1, -0.05) is 131 Å². The van der Waals surface area contributed by atoms with E-state index < -0.39 is 78.4 Å². The van der Waals surface area contributed by atoms with Gasteiger partial charge in [-0.15, -0.1) is 0 Å². The molecule has 5 atom stereocenters. The van der Waals surface area contributed by atoms with Crippen LogP contribution < -0.4 is 0 Å². The van der Waals surface area contributed by atoms with E-state index in [1.165, 1.54) is 12.8 Å². The van der Waals surface area contributed by atoms with Gasteiger partial charge in [0.1, 0.15) is 12.7 Å². The molecular weight excluding hydrogens is 830 g/mol. The Hall–Kier alpha value is -2.78. The second-order valence-electron chi connectivity index (χ2n) is 14.3.